The number of aryl methyl sites for hydroxylation is 1. The third-order valence-corrected chi connectivity index (χ3v) is 6.73. The minimum atomic E-state index is -0.0891. The molecule has 3 heterocycles. The third-order valence-electron chi connectivity index (χ3n) is 6.73. The molecule has 7 heteroatoms. The average Bonchev–Trinajstić information content (AvgIpc) is 3.34. The molecule has 0 radical (unpaired) electrons. The zero-order valence-corrected chi connectivity index (χ0v) is 20.5. The Morgan fingerprint density at radius 2 is 1.60 bits per heavy atom. The van der Waals surface area contributed by atoms with Gasteiger partial charge in [0.1, 0.15) is 11.6 Å². The molecular formula is C28H32N6O. The molecule has 4 aromatic rings. The van der Waals surface area contributed by atoms with Crippen LogP contribution < -0.4 is 4.90 Å². The van der Waals surface area contributed by atoms with E-state index in [-0.39, 0.29) is 11.8 Å². The van der Waals surface area contributed by atoms with Crippen molar-refractivity contribution in [3.05, 3.63) is 78.2 Å². The number of benzene rings is 2. The first-order valence-electron chi connectivity index (χ1n) is 12.6. The highest BCUT2D eigenvalue weighted by Gasteiger charge is 2.29. The molecule has 0 spiro atoms. The van der Waals surface area contributed by atoms with Crippen LogP contribution >= 0.6 is 0 Å². The molecule has 35 heavy (non-hydrogen) atoms. The summed E-state index contributed by atoms with van der Waals surface area (Å²) in [5.74, 6) is 1.88. The van der Waals surface area contributed by atoms with Crippen LogP contribution in [-0.2, 0) is 11.2 Å². The Hall–Kier alpha value is -3.74. The standard InChI is InChI=1S/C28H32N6O/c1-3-11-25-30-26(24-20-29-34(27(24)31-25)22-14-9-6-10-15-22)32-16-18-33(19-17-32)28(35)23(4-2)21-12-7-5-8-13-21/h5-10,12-15,20,23H,3-4,11,16-19H2,1-2H3/t23-/m0/s1. The summed E-state index contributed by atoms with van der Waals surface area (Å²) < 4.78 is 1.89. The molecule has 1 atom stereocenters. The van der Waals surface area contributed by atoms with Gasteiger partial charge in [-0.25, -0.2) is 14.6 Å². The highest BCUT2D eigenvalue weighted by atomic mass is 16.2. The highest BCUT2D eigenvalue weighted by Crippen LogP contribution is 2.28. The van der Waals surface area contributed by atoms with Crippen LogP contribution in [0.25, 0.3) is 16.7 Å². The van der Waals surface area contributed by atoms with Gasteiger partial charge in [0.25, 0.3) is 0 Å². The number of amides is 1. The van der Waals surface area contributed by atoms with Crippen molar-refractivity contribution in [2.45, 2.75) is 39.0 Å². The van der Waals surface area contributed by atoms with E-state index in [1.165, 1.54) is 0 Å². The number of hydrogen-bond donors (Lipinski definition) is 0. The van der Waals surface area contributed by atoms with Crippen LogP contribution in [0, 0.1) is 0 Å². The predicted octanol–water partition coefficient (Wildman–Crippen LogP) is 4.61. The SMILES string of the molecule is CCCc1nc(N2CCN(C(=O)[C@@H](CC)c3ccccc3)CC2)c2cnn(-c3ccccc3)c2n1. The average molecular weight is 469 g/mol. The zero-order valence-electron chi connectivity index (χ0n) is 20.5. The molecule has 5 rings (SSSR count). The second kappa shape index (κ2) is 10.3. The number of carbonyl (C=O) groups is 1. The molecule has 0 bridgehead atoms. The number of piperazine rings is 1. The molecule has 7 nitrogen and oxygen atoms in total. The minimum absolute atomic E-state index is 0.0891. The molecule has 0 N–H and O–H groups in total. The van der Waals surface area contributed by atoms with Gasteiger partial charge in [0.2, 0.25) is 5.91 Å². The molecule has 1 saturated heterocycles. The maximum atomic E-state index is 13.4. The van der Waals surface area contributed by atoms with E-state index in [0.717, 1.165) is 66.3 Å². The number of carbonyl (C=O) groups excluding carboxylic acids is 1. The summed E-state index contributed by atoms with van der Waals surface area (Å²) in [6, 6.07) is 20.2. The summed E-state index contributed by atoms with van der Waals surface area (Å²) in [6.45, 7) is 7.08. The molecule has 0 saturated carbocycles. The van der Waals surface area contributed by atoms with Crippen LogP contribution in [0.5, 0.6) is 0 Å². The lowest BCUT2D eigenvalue weighted by Gasteiger charge is -2.37. The minimum Gasteiger partial charge on any atom is -0.352 e. The van der Waals surface area contributed by atoms with Crippen LogP contribution in [0.1, 0.15) is 44.0 Å². The zero-order chi connectivity index (χ0) is 24.2. The second-order valence-corrected chi connectivity index (χ2v) is 9.03. The molecule has 1 aliphatic rings. The van der Waals surface area contributed by atoms with Crippen molar-refractivity contribution in [1.82, 2.24) is 24.6 Å². The second-order valence-electron chi connectivity index (χ2n) is 9.03. The topological polar surface area (TPSA) is 67.2 Å². The Balaban J connectivity index is 1.40. The Labute approximate surface area is 206 Å². The van der Waals surface area contributed by atoms with Gasteiger partial charge in [-0.2, -0.15) is 5.10 Å². The quantitative estimate of drug-likeness (QED) is 0.396. The van der Waals surface area contributed by atoms with Crippen molar-refractivity contribution < 1.29 is 4.79 Å². The van der Waals surface area contributed by atoms with Crippen LogP contribution in [0.2, 0.25) is 0 Å². The monoisotopic (exact) mass is 468 g/mol. The van der Waals surface area contributed by atoms with Crippen molar-refractivity contribution in [3.8, 4) is 5.69 Å². The van der Waals surface area contributed by atoms with E-state index in [1.807, 2.05) is 64.3 Å². The third kappa shape index (κ3) is 4.63. The molecular weight excluding hydrogens is 436 g/mol. The number of fused-ring (bicyclic) bond motifs is 1. The highest BCUT2D eigenvalue weighted by molar-refractivity contribution is 5.88. The van der Waals surface area contributed by atoms with Gasteiger partial charge in [-0.1, -0.05) is 62.4 Å². The first-order chi connectivity index (χ1) is 17.2. The molecule has 1 amide bonds. The van der Waals surface area contributed by atoms with Crippen molar-refractivity contribution in [2.24, 2.45) is 0 Å². The first-order valence-corrected chi connectivity index (χ1v) is 12.6. The Morgan fingerprint density at radius 1 is 0.914 bits per heavy atom. The van der Waals surface area contributed by atoms with E-state index in [9.17, 15) is 4.79 Å². The Kier molecular flexibility index (Phi) is 6.75. The fraction of sp³-hybridized carbons (Fsp3) is 0.357. The molecule has 0 unspecified atom stereocenters. The number of hydrogen-bond acceptors (Lipinski definition) is 5. The fourth-order valence-electron chi connectivity index (χ4n) is 4.87. The lowest BCUT2D eigenvalue weighted by atomic mass is 9.95. The van der Waals surface area contributed by atoms with Crippen molar-refractivity contribution in [1.29, 1.82) is 0 Å². The molecule has 1 aliphatic heterocycles. The van der Waals surface area contributed by atoms with Crippen LogP contribution in [0.15, 0.2) is 66.9 Å². The van der Waals surface area contributed by atoms with Crippen molar-refractivity contribution >= 4 is 22.8 Å². The van der Waals surface area contributed by atoms with Gasteiger partial charge in [0.15, 0.2) is 5.65 Å². The molecule has 2 aromatic carbocycles. The summed E-state index contributed by atoms with van der Waals surface area (Å²) in [6.07, 6.45) is 4.46. The molecule has 0 aliphatic carbocycles. The van der Waals surface area contributed by atoms with Crippen molar-refractivity contribution in [2.75, 3.05) is 31.1 Å². The molecule has 1 fully saturated rings. The maximum absolute atomic E-state index is 13.4. The van der Waals surface area contributed by atoms with Gasteiger partial charge < -0.3 is 9.80 Å². The summed E-state index contributed by atoms with van der Waals surface area (Å²) in [4.78, 5) is 27.5. The predicted molar refractivity (Wildman–Crippen MR) is 139 cm³/mol. The van der Waals surface area contributed by atoms with E-state index >= 15 is 0 Å². The lowest BCUT2D eigenvalue weighted by Crippen LogP contribution is -2.50. The number of rotatable bonds is 7. The smallest absolute Gasteiger partial charge is 0.230 e. The number of para-hydroxylation sites is 1. The van der Waals surface area contributed by atoms with Gasteiger partial charge in [-0.15, -0.1) is 0 Å². The van der Waals surface area contributed by atoms with E-state index in [0.29, 0.717) is 13.1 Å². The maximum Gasteiger partial charge on any atom is 0.230 e. The summed E-state index contributed by atoms with van der Waals surface area (Å²) in [5, 5.41) is 5.60. The van der Waals surface area contributed by atoms with Crippen LogP contribution in [0.4, 0.5) is 5.82 Å². The number of aromatic nitrogens is 4. The summed E-state index contributed by atoms with van der Waals surface area (Å²) >= 11 is 0. The normalized spacial score (nSPS) is 14.9. The summed E-state index contributed by atoms with van der Waals surface area (Å²) in [5.41, 5.74) is 2.91. The van der Waals surface area contributed by atoms with Crippen LogP contribution in [-0.4, -0.2) is 56.7 Å². The van der Waals surface area contributed by atoms with E-state index in [4.69, 9.17) is 9.97 Å². The fourth-order valence-corrected chi connectivity index (χ4v) is 4.87. The lowest BCUT2D eigenvalue weighted by molar-refractivity contribution is -0.133. The Morgan fingerprint density at radius 3 is 2.26 bits per heavy atom. The van der Waals surface area contributed by atoms with E-state index < -0.39 is 0 Å². The van der Waals surface area contributed by atoms with Gasteiger partial charge in [-0.05, 0) is 30.5 Å². The van der Waals surface area contributed by atoms with Crippen molar-refractivity contribution in [3.63, 3.8) is 0 Å². The number of anilines is 1. The molecule has 2 aromatic heterocycles. The van der Waals surface area contributed by atoms with Gasteiger partial charge in [0, 0.05) is 32.6 Å². The van der Waals surface area contributed by atoms with E-state index in [2.05, 4.69) is 36.0 Å². The Bertz CT molecular complexity index is 1280. The van der Waals surface area contributed by atoms with Gasteiger partial charge in [0.05, 0.1) is 23.2 Å². The molecule has 180 valence electrons. The van der Waals surface area contributed by atoms with Gasteiger partial charge >= 0.3 is 0 Å². The van der Waals surface area contributed by atoms with E-state index in [1.54, 1.807) is 0 Å². The largest absolute Gasteiger partial charge is 0.352 e. The van der Waals surface area contributed by atoms with Crippen LogP contribution in [0.3, 0.4) is 0 Å². The summed E-state index contributed by atoms with van der Waals surface area (Å²) in [7, 11) is 0. The van der Waals surface area contributed by atoms with Gasteiger partial charge in [-0.3, -0.25) is 4.79 Å². The number of nitrogens with zero attached hydrogens (tertiary/aromatic N) is 6. The first kappa shape index (κ1) is 23.0.